The molecule has 0 aliphatic rings. The van der Waals surface area contributed by atoms with Crippen LogP contribution in [0.5, 0.6) is 5.88 Å². The van der Waals surface area contributed by atoms with Gasteiger partial charge in [0.05, 0.1) is 12.5 Å². The molecular weight excluding hydrogens is 180 g/mol. The van der Waals surface area contributed by atoms with Gasteiger partial charge in [-0.15, -0.1) is 0 Å². The van der Waals surface area contributed by atoms with E-state index in [-0.39, 0.29) is 18.4 Å². The molecule has 76 valence electrons. The highest BCUT2D eigenvalue weighted by atomic mass is 16.5. The Hall–Kier alpha value is -1.58. The normalized spacial score (nSPS) is 10.2. The molecule has 4 heteroatoms. The molecule has 0 spiro atoms. The van der Waals surface area contributed by atoms with E-state index in [1.165, 1.54) is 0 Å². The van der Waals surface area contributed by atoms with Gasteiger partial charge in [-0.2, -0.15) is 0 Å². The summed E-state index contributed by atoms with van der Waals surface area (Å²) >= 11 is 0. The van der Waals surface area contributed by atoms with Crippen molar-refractivity contribution >= 4 is 5.91 Å². The predicted molar refractivity (Wildman–Crippen MR) is 52.9 cm³/mol. The van der Waals surface area contributed by atoms with E-state index in [1.54, 1.807) is 18.3 Å². The highest BCUT2D eigenvalue weighted by Crippen LogP contribution is 2.09. The van der Waals surface area contributed by atoms with Crippen molar-refractivity contribution in [3.05, 3.63) is 23.9 Å². The molecule has 0 aliphatic carbocycles. The number of pyridine rings is 1. The molecule has 0 bridgehead atoms. The van der Waals surface area contributed by atoms with Crippen molar-refractivity contribution < 1.29 is 9.53 Å². The van der Waals surface area contributed by atoms with E-state index >= 15 is 0 Å². The monoisotopic (exact) mass is 194 g/mol. The minimum atomic E-state index is -0.357. The SMILES string of the molecule is CC(C)Oc1ccc(CC(N)=O)cn1. The highest BCUT2D eigenvalue weighted by Gasteiger charge is 2.01. The van der Waals surface area contributed by atoms with Crippen LogP contribution in [-0.2, 0) is 11.2 Å². The minimum absolute atomic E-state index is 0.101. The van der Waals surface area contributed by atoms with Crippen LogP contribution >= 0.6 is 0 Å². The number of carbonyl (C=O) groups excluding carboxylic acids is 1. The topological polar surface area (TPSA) is 65.2 Å². The molecule has 0 saturated carbocycles. The summed E-state index contributed by atoms with van der Waals surface area (Å²) in [6, 6.07) is 3.52. The second-order valence-electron chi connectivity index (χ2n) is 3.31. The maximum atomic E-state index is 10.6. The fraction of sp³-hybridized carbons (Fsp3) is 0.400. The van der Waals surface area contributed by atoms with Gasteiger partial charge < -0.3 is 10.5 Å². The van der Waals surface area contributed by atoms with Crippen LogP contribution in [-0.4, -0.2) is 17.0 Å². The molecule has 0 saturated heterocycles. The van der Waals surface area contributed by atoms with Gasteiger partial charge >= 0.3 is 0 Å². The van der Waals surface area contributed by atoms with Crippen LogP contribution in [0.4, 0.5) is 0 Å². The number of hydrogen-bond acceptors (Lipinski definition) is 3. The van der Waals surface area contributed by atoms with Crippen LogP contribution in [0.2, 0.25) is 0 Å². The molecular formula is C10H14N2O2. The average molecular weight is 194 g/mol. The summed E-state index contributed by atoms with van der Waals surface area (Å²) in [5.74, 6) is 0.206. The molecule has 14 heavy (non-hydrogen) atoms. The van der Waals surface area contributed by atoms with E-state index in [0.717, 1.165) is 5.56 Å². The molecule has 2 N–H and O–H groups in total. The molecule has 1 rings (SSSR count). The lowest BCUT2D eigenvalue weighted by Crippen LogP contribution is -2.14. The Balaban J connectivity index is 2.63. The number of nitrogens with zero attached hydrogens (tertiary/aromatic N) is 1. The first kappa shape index (κ1) is 10.5. The predicted octanol–water partition coefficient (Wildman–Crippen LogP) is 0.897. The van der Waals surface area contributed by atoms with Crippen molar-refractivity contribution in [2.45, 2.75) is 26.4 Å². The van der Waals surface area contributed by atoms with E-state index in [1.807, 2.05) is 13.8 Å². The number of amides is 1. The fourth-order valence-electron chi connectivity index (χ4n) is 1.03. The third kappa shape index (κ3) is 3.43. The molecule has 0 unspecified atom stereocenters. The minimum Gasteiger partial charge on any atom is -0.475 e. The zero-order valence-corrected chi connectivity index (χ0v) is 8.36. The van der Waals surface area contributed by atoms with E-state index in [2.05, 4.69) is 4.98 Å². The van der Waals surface area contributed by atoms with Crippen molar-refractivity contribution in [3.63, 3.8) is 0 Å². The molecule has 1 heterocycles. The number of hydrogen-bond donors (Lipinski definition) is 1. The molecule has 4 nitrogen and oxygen atoms in total. The Morgan fingerprint density at radius 3 is 2.71 bits per heavy atom. The fourth-order valence-corrected chi connectivity index (χ4v) is 1.03. The number of ether oxygens (including phenoxy) is 1. The Bertz CT molecular complexity index is 306. The zero-order valence-electron chi connectivity index (χ0n) is 8.36. The summed E-state index contributed by atoms with van der Waals surface area (Å²) < 4.78 is 5.35. The van der Waals surface area contributed by atoms with Crippen molar-refractivity contribution in [1.82, 2.24) is 4.98 Å². The lowest BCUT2D eigenvalue weighted by molar-refractivity contribution is -0.117. The maximum Gasteiger partial charge on any atom is 0.221 e. The van der Waals surface area contributed by atoms with Gasteiger partial charge in [0.15, 0.2) is 0 Å². The largest absolute Gasteiger partial charge is 0.475 e. The summed E-state index contributed by atoms with van der Waals surface area (Å²) in [5.41, 5.74) is 5.84. The zero-order chi connectivity index (χ0) is 10.6. The van der Waals surface area contributed by atoms with Crippen LogP contribution in [0.25, 0.3) is 0 Å². The second kappa shape index (κ2) is 4.60. The van der Waals surface area contributed by atoms with Gasteiger partial charge in [0.25, 0.3) is 0 Å². The molecule has 0 atom stereocenters. The molecule has 0 radical (unpaired) electrons. The van der Waals surface area contributed by atoms with Crippen LogP contribution < -0.4 is 10.5 Å². The third-order valence-corrected chi connectivity index (χ3v) is 1.53. The number of aromatic nitrogens is 1. The van der Waals surface area contributed by atoms with E-state index in [9.17, 15) is 4.79 Å². The van der Waals surface area contributed by atoms with Crippen molar-refractivity contribution in [2.75, 3.05) is 0 Å². The number of rotatable bonds is 4. The Morgan fingerprint density at radius 2 is 2.29 bits per heavy atom. The molecule has 1 amide bonds. The van der Waals surface area contributed by atoms with Gasteiger partial charge in [0, 0.05) is 12.3 Å². The van der Waals surface area contributed by atoms with Crippen LogP contribution in [0.1, 0.15) is 19.4 Å². The van der Waals surface area contributed by atoms with Crippen LogP contribution in [0.15, 0.2) is 18.3 Å². The van der Waals surface area contributed by atoms with Gasteiger partial charge in [-0.25, -0.2) is 4.98 Å². The third-order valence-electron chi connectivity index (χ3n) is 1.53. The standard InChI is InChI=1S/C10H14N2O2/c1-7(2)14-10-4-3-8(6-12-10)5-9(11)13/h3-4,6-7H,5H2,1-2H3,(H2,11,13). The van der Waals surface area contributed by atoms with E-state index in [4.69, 9.17) is 10.5 Å². The van der Waals surface area contributed by atoms with Crippen LogP contribution in [0.3, 0.4) is 0 Å². The molecule has 1 aromatic rings. The summed E-state index contributed by atoms with van der Waals surface area (Å²) in [5, 5.41) is 0. The number of primary amides is 1. The van der Waals surface area contributed by atoms with E-state index in [0.29, 0.717) is 5.88 Å². The van der Waals surface area contributed by atoms with Gasteiger partial charge in [0.1, 0.15) is 0 Å². The molecule has 0 aliphatic heterocycles. The molecule has 1 aromatic heterocycles. The van der Waals surface area contributed by atoms with Crippen molar-refractivity contribution in [1.29, 1.82) is 0 Å². The van der Waals surface area contributed by atoms with Crippen molar-refractivity contribution in [2.24, 2.45) is 5.73 Å². The highest BCUT2D eigenvalue weighted by molar-refractivity contribution is 5.76. The maximum absolute atomic E-state index is 10.6. The Labute approximate surface area is 83.1 Å². The number of nitrogens with two attached hydrogens (primary N) is 1. The summed E-state index contributed by atoms with van der Waals surface area (Å²) in [6.07, 6.45) is 1.92. The molecule has 0 aromatic carbocycles. The Kier molecular flexibility index (Phi) is 3.45. The number of carbonyl (C=O) groups is 1. The first-order chi connectivity index (χ1) is 6.58. The first-order valence-corrected chi connectivity index (χ1v) is 4.48. The van der Waals surface area contributed by atoms with Gasteiger partial charge in [-0.3, -0.25) is 4.79 Å². The second-order valence-corrected chi connectivity index (χ2v) is 3.31. The quantitative estimate of drug-likeness (QED) is 0.774. The molecule has 0 fully saturated rings. The summed E-state index contributed by atoms with van der Waals surface area (Å²) in [7, 11) is 0. The lowest BCUT2D eigenvalue weighted by atomic mass is 10.2. The summed E-state index contributed by atoms with van der Waals surface area (Å²) in [6.45, 7) is 3.86. The van der Waals surface area contributed by atoms with Crippen LogP contribution in [0, 0.1) is 0 Å². The van der Waals surface area contributed by atoms with Gasteiger partial charge in [0.2, 0.25) is 11.8 Å². The summed E-state index contributed by atoms with van der Waals surface area (Å²) in [4.78, 5) is 14.6. The average Bonchev–Trinajstić information content (AvgIpc) is 2.06. The lowest BCUT2D eigenvalue weighted by Gasteiger charge is -2.08. The Morgan fingerprint density at radius 1 is 1.57 bits per heavy atom. The van der Waals surface area contributed by atoms with Crippen molar-refractivity contribution in [3.8, 4) is 5.88 Å². The smallest absolute Gasteiger partial charge is 0.221 e. The first-order valence-electron chi connectivity index (χ1n) is 4.48. The van der Waals surface area contributed by atoms with E-state index < -0.39 is 0 Å². The van der Waals surface area contributed by atoms with Gasteiger partial charge in [-0.1, -0.05) is 6.07 Å². The van der Waals surface area contributed by atoms with Gasteiger partial charge in [-0.05, 0) is 19.4 Å².